The van der Waals surface area contributed by atoms with E-state index >= 15 is 0 Å². The van der Waals surface area contributed by atoms with Crippen LogP contribution in [0.1, 0.15) is 16.1 Å². The summed E-state index contributed by atoms with van der Waals surface area (Å²) >= 11 is 0. The van der Waals surface area contributed by atoms with Gasteiger partial charge in [0.05, 0.1) is 41.2 Å². The van der Waals surface area contributed by atoms with Crippen molar-refractivity contribution in [3.8, 4) is 11.6 Å². The lowest BCUT2D eigenvalue weighted by Gasteiger charge is -2.10. The number of ether oxygens (including phenoxy) is 1. The van der Waals surface area contributed by atoms with E-state index in [0.29, 0.717) is 22.8 Å². The summed E-state index contributed by atoms with van der Waals surface area (Å²) in [6.07, 6.45) is 3.08. The summed E-state index contributed by atoms with van der Waals surface area (Å²) in [5.74, 6) is 0.385. The van der Waals surface area contributed by atoms with Crippen LogP contribution in [0.2, 0.25) is 0 Å². The molecule has 0 radical (unpaired) electrons. The van der Waals surface area contributed by atoms with E-state index < -0.39 is 10.8 Å². The van der Waals surface area contributed by atoms with E-state index in [2.05, 4.69) is 15.4 Å². The van der Waals surface area contributed by atoms with Crippen LogP contribution >= 0.6 is 0 Å². The molecule has 9 heteroatoms. The molecular formula is C17H15N5O4. The Morgan fingerprint density at radius 3 is 2.77 bits per heavy atom. The van der Waals surface area contributed by atoms with Crippen LogP contribution in [0.5, 0.6) is 5.75 Å². The second-order valence-corrected chi connectivity index (χ2v) is 5.34. The minimum absolute atomic E-state index is 0.126. The van der Waals surface area contributed by atoms with E-state index in [0.717, 1.165) is 0 Å². The Kier molecular flexibility index (Phi) is 4.61. The maximum atomic E-state index is 12.6. The zero-order valence-corrected chi connectivity index (χ0v) is 14.0. The van der Waals surface area contributed by atoms with Crippen LogP contribution < -0.4 is 10.1 Å². The number of carbonyl (C=O) groups excluding carboxylic acids is 1. The largest absolute Gasteiger partial charge is 0.494 e. The number of non-ortho nitro benzene ring substituents is 1. The highest BCUT2D eigenvalue weighted by Crippen LogP contribution is 2.29. The van der Waals surface area contributed by atoms with E-state index in [1.54, 1.807) is 29.9 Å². The van der Waals surface area contributed by atoms with Crippen LogP contribution in [0.4, 0.5) is 11.4 Å². The van der Waals surface area contributed by atoms with Crippen LogP contribution in [-0.4, -0.2) is 32.7 Å². The molecular weight excluding hydrogens is 338 g/mol. The molecule has 0 bridgehead atoms. The van der Waals surface area contributed by atoms with Gasteiger partial charge in [-0.25, -0.2) is 9.67 Å². The topological polar surface area (TPSA) is 112 Å². The van der Waals surface area contributed by atoms with Crippen LogP contribution in [0.25, 0.3) is 5.82 Å². The fraction of sp³-hybridized carbons (Fsp3) is 0.118. The zero-order valence-electron chi connectivity index (χ0n) is 14.0. The number of hydrogen-bond donors (Lipinski definition) is 1. The molecule has 0 saturated carbocycles. The molecule has 0 fully saturated rings. The highest BCUT2D eigenvalue weighted by molar-refractivity contribution is 6.05. The second-order valence-electron chi connectivity index (χ2n) is 5.34. The monoisotopic (exact) mass is 353 g/mol. The predicted molar refractivity (Wildman–Crippen MR) is 93.7 cm³/mol. The number of carbonyl (C=O) groups is 1. The fourth-order valence-corrected chi connectivity index (χ4v) is 2.43. The van der Waals surface area contributed by atoms with Gasteiger partial charge in [0.2, 0.25) is 0 Å². The molecule has 9 nitrogen and oxygen atoms in total. The summed E-state index contributed by atoms with van der Waals surface area (Å²) in [5, 5.41) is 17.7. The number of nitrogens with zero attached hydrogens (tertiary/aromatic N) is 4. The first-order chi connectivity index (χ1) is 12.5. The van der Waals surface area contributed by atoms with Crippen LogP contribution in [-0.2, 0) is 0 Å². The number of nitrogens with one attached hydrogen (secondary N) is 1. The lowest BCUT2D eigenvalue weighted by Crippen LogP contribution is -2.14. The Bertz CT molecular complexity index is 969. The Morgan fingerprint density at radius 1 is 1.31 bits per heavy atom. The number of nitro groups is 1. The van der Waals surface area contributed by atoms with Crippen molar-refractivity contribution in [2.24, 2.45) is 0 Å². The van der Waals surface area contributed by atoms with Gasteiger partial charge in [-0.3, -0.25) is 14.9 Å². The maximum absolute atomic E-state index is 12.6. The molecule has 3 aromatic rings. The van der Waals surface area contributed by atoms with Crippen molar-refractivity contribution < 1.29 is 14.5 Å². The molecule has 2 aromatic heterocycles. The summed E-state index contributed by atoms with van der Waals surface area (Å²) in [5.41, 5.74) is 1.17. The first-order valence-corrected chi connectivity index (χ1v) is 7.61. The molecule has 0 atom stereocenters. The summed E-state index contributed by atoms with van der Waals surface area (Å²) in [6.45, 7) is 1.75. The van der Waals surface area contributed by atoms with Crippen molar-refractivity contribution in [3.05, 3.63) is 70.2 Å². The van der Waals surface area contributed by atoms with Gasteiger partial charge in [0.1, 0.15) is 5.75 Å². The van der Waals surface area contributed by atoms with E-state index in [4.69, 9.17) is 4.74 Å². The number of hydrogen-bond acceptors (Lipinski definition) is 6. The molecule has 0 saturated heterocycles. The molecule has 132 valence electrons. The molecule has 0 aliphatic carbocycles. The van der Waals surface area contributed by atoms with Crippen molar-refractivity contribution >= 4 is 17.3 Å². The number of methoxy groups -OCH3 is 1. The first kappa shape index (κ1) is 17.1. The third-order valence-corrected chi connectivity index (χ3v) is 3.76. The van der Waals surface area contributed by atoms with Crippen molar-refractivity contribution in [2.75, 3.05) is 12.4 Å². The Hall–Kier alpha value is -3.75. The van der Waals surface area contributed by atoms with Crippen LogP contribution in [0, 0.1) is 17.0 Å². The summed E-state index contributed by atoms with van der Waals surface area (Å²) < 4.78 is 6.69. The minimum Gasteiger partial charge on any atom is -0.494 e. The van der Waals surface area contributed by atoms with Gasteiger partial charge in [0.25, 0.3) is 11.6 Å². The van der Waals surface area contributed by atoms with E-state index in [1.165, 1.54) is 31.5 Å². The van der Waals surface area contributed by atoms with E-state index in [1.807, 2.05) is 6.07 Å². The maximum Gasteiger partial charge on any atom is 0.273 e. The fourth-order valence-electron chi connectivity index (χ4n) is 2.43. The van der Waals surface area contributed by atoms with Gasteiger partial charge < -0.3 is 10.1 Å². The third kappa shape index (κ3) is 3.22. The quantitative estimate of drug-likeness (QED) is 0.557. The van der Waals surface area contributed by atoms with Crippen LogP contribution in [0.15, 0.2) is 48.8 Å². The Balaban J connectivity index is 1.88. The molecule has 0 aliphatic rings. The molecule has 1 aromatic carbocycles. The van der Waals surface area contributed by atoms with Gasteiger partial charge in [-0.2, -0.15) is 5.10 Å². The molecule has 1 amide bonds. The first-order valence-electron chi connectivity index (χ1n) is 7.61. The predicted octanol–water partition coefficient (Wildman–Crippen LogP) is 2.74. The number of rotatable bonds is 5. The molecule has 0 unspecified atom stereocenters. The standard InChI is InChI=1S/C17H15N5O4/c1-11-13(10-19-21(11)16-5-3-4-8-18-16)17(23)20-14-7-6-12(22(24)25)9-15(14)26-2/h3-10H,1-2H3,(H,20,23). The summed E-state index contributed by atoms with van der Waals surface area (Å²) in [7, 11) is 1.37. The van der Waals surface area contributed by atoms with Crippen molar-refractivity contribution in [1.82, 2.24) is 14.8 Å². The van der Waals surface area contributed by atoms with Gasteiger partial charge in [-0.1, -0.05) is 6.07 Å². The lowest BCUT2D eigenvalue weighted by molar-refractivity contribution is -0.384. The SMILES string of the molecule is COc1cc([N+](=O)[O-])ccc1NC(=O)c1cnn(-c2ccccn2)c1C. The number of amides is 1. The zero-order chi connectivity index (χ0) is 18.7. The van der Waals surface area contributed by atoms with Gasteiger partial charge in [0.15, 0.2) is 5.82 Å². The second kappa shape index (κ2) is 7.01. The normalized spacial score (nSPS) is 10.4. The third-order valence-electron chi connectivity index (χ3n) is 3.76. The molecule has 1 N–H and O–H groups in total. The Labute approximate surface area is 148 Å². The smallest absolute Gasteiger partial charge is 0.273 e. The minimum atomic E-state index is -0.533. The van der Waals surface area contributed by atoms with E-state index in [9.17, 15) is 14.9 Å². The van der Waals surface area contributed by atoms with Gasteiger partial charge in [0, 0.05) is 12.3 Å². The average Bonchev–Trinajstić information content (AvgIpc) is 3.04. The van der Waals surface area contributed by atoms with Crippen molar-refractivity contribution in [2.45, 2.75) is 6.92 Å². The lowest BCUT2D eigenvalue weighted by atomic mass is 10.2. The van der Waals surface area contributed by atoms with Crippen molar-refractivity contribution in [3.63, 3.8) is 0 Å². The van der Waals surface area contributed by atoms with Gasteiger partial charge in [-0.15, -0.1) is 0 Å². The number of aromatic nitrogens is 3. The molecule has 0 aliphatic heterocycles. The molecule has 0 spiro atoms. The highest BCUT2D eigenvalue weighted by Gasteiger charge is 2.18. The highest BCUT2D eigenvalue weighted by atomic mass is 16.6. The van der Waals surface area contributed by atoms with Crippen molar-refractivity contribution in [1.29, 1.82) is 0 Å². The van der Waals surface area contributed by atoms with E-state index in [-0.39, 0.29) is 11.4 Å². The van der Waals surface area contributed by atoms with Gasteiger partial charge >= 0.3 is 0 Å². The summed E-state index contributed by atoms with van der Waals surface area (Å²) in [6, 6.07) is 9.36. The number of pyridine rings is 1. The molecule has 26 heavy (non-hydrogen) atoms. The average molecular weight is 353 g/mol. The number of anilines is 1. The van der Waals surface area contributed by atoms with Gasteiger partial charge in [-0.05, 0) is 25.1 Å². The molecule has 3 rings (SSSR count). The number of nitro benzene ring substituents is 1. The Morgan fingerprint density at radius 2 is 2.12 bits per heavy atom. The molecule has 2 heterocycles. The summed E-state index contributed by atoms with van der Waals surface area (Å²) in [4.78, 5) is 27.1. The van der Waals surface area contributed by atoms with Crippen LogP contribution in [0.3, 0.4) is 0 Å². The number of benzene rings is 1.